The molecule has 0 amide bonds. The van der Waals surface area contributed by atoms with E-state index in [2.05, 4.69) is 33.5 Å². The fraction of sp³-hybridized carbons (Fsp3) is 0.280. The average Bonchev–Trinajstić information content (AvgIpc) is 3.48. The molecular weight excluding hydrogens is 448 g/mol. The quantitative estimate of drug-likeness (QED) is 0.416. The summed E-state index contributed by atoms with van der Waals surface area (Å²) in [5.41, 5.74) is 4.46. The van der Waals surface area contributed by atoms with Crippen LogP contribution in [0.5, 0.6) is 17.2 Å². The molecule has 35 heavy (non-hydrogen) atoms. The largest absolute Gasteiger partial charge is 0.493 e. The Morgan fingerprint density at radius 1 is 1.03 bits per heavy atom. The molecule has 0 aliphatic carbocycles. The van der Waals surface area contributed by atoms with Gasteiger partial charge in [0.25, 0.3) is 0 Å². The molecule has 1 saturated heterocycles. The summed E-state index contributed by atoms with van der Waals surface area (Å²) >= 11 is 0. The Hall–Kier alpha value is -4.36. The van der Waals surface area contributed by atoms with Gasteiger partial charge < -0.3 is 29.2 Å². The summed E-state index contributed by atoms with van der Waals surface area (Å²) in [6, 6.07) is 14.1. The lowest BCUT2D eigenvalue weighted by Gasteiger charge is -2.28. The van der Waals surface area contributed by atoms with Crippen molar-refractivity contribution in [3.8, 4) is 34.6 Å². The van der Waals surface area contributed by atoms with Crippen LogP contribution in [0.15, 0.2) is 42.6 Å². The van der Waals surface area contributed by atoms with E-state index in [0.717, 1.165) is 37.6 Å². The second-order valence-corrected chi connectivity index (χ2v) is 7.95. The Labute approximate surface area is 202 Å². The summed E-state index contributed by atoms with van der Waals surface area (Å²) in [6.45, 7) is 3.19. The Kier molecular flexibility index (Phi) is 6.08. The Morgan fingerprint density at radius 2 is 1.71 bits per heavy atom. The molecule has 3 heterocycles. The van der Waals surface area contributed by atoms with E-state index in [1.165, 1.54) is 0 Å². The third-order valence-electron chi connectivity index (χ3n) is 6.02. The van der Waals surface area contributed by atoms with E-state index in [0.29, 0.717) is 45.7 Å². The van der Waals surface area contributed by atoms with Crippen molar-refractivity contribution in [3.05, 3.63) is 48.2 Å². The summed E-state index contributed by atoms with van der Waals surface area (Å²) in [5.74, 6) is 2.23. The molecule has 2 aromatic heterocycles. The number of imidazole rings is 1. The minimum atomic E-state index is 0.453. The monoisotopic (exact) mass is 474 g/mol. The third kappa shape index (κ3) is 4.06. The molecule has 0 atom stereocenters. The summed E-state index contributed by atoms with van der Waals surface area (Å²) < 4.78 is 23.7. The van der Waals surface area contributed by atoms with Gasteiger partial charge in [-0.15, -0.1) is 0 Å². The van der Waals surface area contributed by atoms with Gasteiger partial charge in [-0.05, 0) is 12.1 Å². The zero-order chi connectivity index (χ0) is 24.4. The van der Waals surface area contributed by atoms with E-state index in [1.807, 2.05) is 24.3 Å². The molecule has 0 saturated carbocycles. The number of nitrogens with one attached hydrogen (secondary N) is 2. The van der Waals surface area contributed by atoms with Gasteiger partial charge in [0.2, 0.25) is 5.75 Å². The molecule has 4 aromatic rings. The number of aromatic amines is 1. The summed E-state index contributed by atoms with van der Waals surface area (Å²) in [5, 5.41) is 16.1. The van der Waals surface area contributed by atoms with Gasteiger partial charge >= 0.3 is 0 Å². The molecule has 2 N–H and O–H groups in total. The van der Waals surface area contributed by atoms with Crippen LogP contribution in [0.2, 0.25) is 0 Å². The predicted molar refractivity (Wildman–Crippen MR) is 132 cm³/mol. The minimum absolute atomic E-state index is 0.453. The van der Waals surface area contributed by atoms with Crippen LogP contribution in [-0.4, -0.2) is 62.2 Å². The van der Waals surface area contributed by atoms with Crippen LogP contribution in [-0.2, 0) is 4.74 Å². The Bertz CT molecular complexity index is 1350. The highest BCUT2D eigenvalue weighted by Crippen LogP contribution is 2.41. The van der Waals surface area contributed by atoms with Crippen LogP contribution in [0.1, 0.15) is 5.56 Å². The van der Waals surface area contributed by atoms with Crippen LogP contribution in [0, 0.1) is 11.3 Å². The number of ether oxygens (including phenoxy) is 4. The molecule has 0 bridgehead atoms. The Balaban J connectivity index is 1.57. The van der Waals surface area contributed by atoms with Gasteiger partial charge in [-0.2, -0.15) is 5.26 Å². The lowest BCUT2D eigenvalue weighted by molar-refractivity contribution is 0.122. The SMILES string of the molecule is COc1cc(Nc2c(-c3ccc(N4CCOCC4)cc3)nc3c(C#N)c[nH]n23)cc(OC)c1OC. The van der Waals surface area contributed by atoms with E-state index in [4.69, 9.17) is 23.9 Å². The fourth-order valence-electron chi connectivity index (χ4n) is 4.26. The molecule has 1 aliphatic heterocycles. The first kappa shape index (κ1) is 22.4. The first-order chi connectivity index (χ1) is 17.2. The number of benzene rings is 2. The van der Waals surface area contributed by atoms with Crippen molar-refractivity contribution in [3.63, 3.8) is 0 Å². The number of morpholine rings is 1. The predicted octanol–water partition coefficient (Wildman–Crippen LogP) is 3.81. The number of aromatic nitrogens is 3. The maximum absolute atomic E-state index is 9.55. The van der Waals surface area contributed by atoms with Crippen molar-refractivity contribution in [2.24, 2.45) is 0 Å². The van der Waals surface area contributed by atoms with Crippen LogP contribution < -0.4 is 24.4 Å². The fourth-order valence-corrected chi connectivity index (χ4v) is 4.26. The van der Waals surface area contributed by atoms with Crippen molar-refractivity contribution in [2.75, 3.05) is 57.8 Å². The van der Waals surface area contributed by atoms with Gasteiger partial charge in [0.05, 0.1) is 34.5 Å². The molecule has 10 nitrogen and oxygen atoms in total. The number of hydrogen-bond donors (Lipinski definition) is 2. The van der Waals surface area contributed by atoms with Crippen LogP contribution in [0.4, 0.5) is 17.2 Å². The number of hydrogen-bond acceptors (Lipinski definition) is 8. The van der Waals surface area contributed by atoms with Crippen molar-refractivity contribution < 1.29 is 18.9 Å². The third-order valence-corrected chi connectivity index (χ3v) is 6.02. The first-order valence-corrected chi connectivity index (χ1v) is 11.2. The smallest absolute Gasteiger partial charge is 0.203 e. The lowest BCUT2D eigenvalue weighted by Crippen LogP contribution is -2.36. The highest BCUT2D eigenvalue weighted by atomic mass is 16.5. The van der Waals surface area contributed by atoms with E-state index in [1.54, 1.807) is 32.0 Å². The van der Waals surface area contributed by atoms with E-state index in [9.17, 15) is 5.26 Å². The molecule has 0 unspecified atom stereocenters. The van der Waals surface area contributed by atoms with E-state index >= 15 is 0 Å². The minimum Gasteiger partial charge on any atom is -0.493 e. The summed E-state index contributed by atoms with van der Waals surface area (Å²) in [7, 11) is 4.71. The molecule has 10 heteroatoms. The van der Waals surface area contributed by atoms with Gasteiger partial charge in [0.1, 0.15) is 17.3 Å². The molecule has 5 rings (SSSR count). The highest BCUT2D eigenvalue weighted by molar-refractivity contribution is 5.82. The normalized spacial score (nSPS) is 13.5. The molecular formula is C25H26N6O4. The average molecular weight is 475 g/mol. The number of nitriles is 1. The molecule has 0 spiro atoms. The molecule has 1 aliphatic rings. The number of nitrogens with zero attached hydrogens (tertiary/aromatic N) is 4. The van der Waals surface area contributed by atoms with Crippen LogP contribution in [0.25, 0.3) is 16.9 Å². The van der Waals surface area contributed by atoms with Gasteiger partial charge in [0, 0.05) is 48.4 Å². The highest BCUT2D eigenvalue weighted by Gasteiger charge is 2.21. The van der Waals surface area contributed by atoms with Gasteiger partial charge in [0.15, 0.2) is 23.0 Å². The van der Waals surface area contributed by atoms with Crippen molar-refractivity contribution >= 4 is 22.8 Å². The molecule has 1 fully saturated rings. The topological polar surface area (TPSA) is 109 Å². The molecule has 0 radical (unpaired) electrons. The lowest BCUT2D eigenvalue weighted by atomic mass is 10.1. The number of rotatable bonds is 7. The van der Waals surface area contributed by atoms with Crippen molar-refractivity contribution in [2.45, 2.75) is 0 Å². The van der Waals surface area contributed by atoms with Gasteiger partial charge in [-0.3, -0.25) is 5.10 Å². The molecule has 2 aromatic carbocycles. The summed E-state index contributed by atoms with van der Waals surface area (Å²) in [4.78, 5) is 7.10. The van der Waals surface area contributed by atoms with Crippen molar-refractivity contribution in [1.82, 2.24) is 14.6 Å². The molecule has 180 valence electrons. The Morgan fingerprint density at radius 3 is 2.31 bits per heavy atom. The van der Waals surface area contributed by atoms with E-state index < -0.39 is 0 Å². The number of fused-ring (bicyclic) bond motifs is 1. The first-order valence-electron chi connectivity index (χ1n) is 11.2. The number of anilines is 3. The van der Waals surface area contributed by atoms with Crippen molar-refractivity contribution in [1.29, 1.82) is 5.26 Å². The second kappa shape index (κ2) is 9.48. The maximum Gasteiger partial charge on any atom is 0.203 e. The van der Waals surface area contributed by atoms with Gasteiger partial charge in [-0.25, -0.2) is 9.50 Å². The zero-order valence-corrected chi connectivity index (χ0v) is 19.8. The van der Waals surface area contributed by atoms with Crippen LogP contribution in [0.3, 0.4) is 0 Å². The summed E-state index contributed by atoms with van der Waals surface area (Å²) in [6.07, 6.45) is 1.63. The maximum atomic E-state index is 9.55. The number of H-pyrrole nitrogens is 1. The second-order valence-electron chi connectivity index (χ2n) is 7.95. The van der Waals surface area contributed by atoms with E-state index in [-0.39, 0.29) is 0 Å². The van der Waals surface area contributed by atoms with Gasteiger partial charge in [-0.1, -0.05) is 12.1 Å². The number of methoxy groups -OCH3 is 3. The van der Waals surface area contributed by atoms with Crippen LogP contribution >= 0.6 is 0 Å². The standard InChI is InChI=1S/C25H26N6O4/c1-32-20-12-18(13-21(33-2)23(20)34-3)28-25-22(29-24-17(14-26)15-27-31(24)25)16-4-6-19(7-5-16)30-8-10-35-11-9-30/h4-7,12-13,15,27-28H,8-11H2,1-3H3. The zero-order valence-electron chi connectivity index (χ0n) is 19.8.